The van der Waals surface area contributed by atoms with Crippen molar-refractivity contribution < 1.29 is 14.2 Å². The summed E-state index contributed by atoms with van der Waals surface area (Å²) in [5.74, 6) is 0. The van der Waals surface area contributed by atoms with E-state index in [2.05, 4.69) is 24.3 Å². The molecule has 0 atom stereocenters. The van der Waals surface area contributed by atoms with Crippen LogP contribution in [0.15, 0.2) is 71.1 Å². The fraction of sp³-hybridized carbons (Fsp3) is 0.250. The van der Waals surface area contributed by atoms with E-state index in [0.29, 0.717) is 0 Å². The Kier molecular flexibility index (Phi) is 4.57. The second-order valence-corrected chi connectivity index (χ2v) is 8.21. The predicted molar refractivity (Wildman–Crippen MR) is 116 cm³/mol. The molecule has 0 aliphatic carbocycles. The maximum Gasteiger partial charge on any atom is 0.330 e. The van der Waals surface area contributed by atoms with Crippen molar-refractivity contribution in [2.45, 2.75) is 38.9 Å². The number of aliphatic hydroxyl groups is 1. The zero-order valence-corrected chi connectivity index (χ0v) is 16.7. The minimum absolute atomic E-state index is 0.713. The van der Waals surface area contributed by atoms with E-state index in [0.717, 1.165) is 38.5 Å². The van der Waals surface area contributed by atoms with Gasteiger partial charge in [0.2, 0.25) is 0 Å². The molecule has 0 aliphatic rings. The van der Waals surface area contributed by atoms with Gasteiger partial charge in [0.05, 0.1) is 11.2 Å². The number of benzene rings is 3. The van der Waals surface area contributed by atoms with Crippen molar-refractivity contribution in [2.24, 2.45) is 0 Å². The van der Waals surface area contributed by atoms with Crippen LogP contribution >= 0.6 is 0 Å². The van der Waals surface area contributed by atoms with Gasteiger partial charge in [0.25, 0.3) is 0 Å². The average molecular weight is 371 g/mol. The first-order valence-corrected chi connectivity index (χ1v) is 9.50. The number of hydrogen-bond acceptors (Lipinski definition) is 3. The Labute approximate surface area is 166 Å². The molecule has 4 rings (SSSR count). The third-order valence-corrected chi connectivity index (χ3v) is 5.57. The van der Waals surface area contributed by atoms with Crippen molar-refractivity contribution in [3.63, 3.8) is 0 Å². The summed E-state index contributed by atoms with van der Waals surface area (Å²) in [4.78, 5) is 0. The zero-order chi connectivity index (χ0) is 19.9. The molecule has 1 N–H and O–H groups in total. The molecule has 28 heavy (non-hydrogen) atoms. The lowest BCUT2D eigenvalue weighted by molar-refractivity contribution is -0.0893. The van der Waals surface area contributed by atoms with Crippen LogP contribution in [0.3, 0.4) is 0 Å². The summed E-state index contributed by atoms with van der Waals surface area (Å²) in [6.45, 7) is 7.26. The van der Waals surface area contributed by atoms with Gasteiger partial charge in [-0.25, -0.2) is 0 Å². The van der Waals surface area contributed by atoms with Crippen molar-refractivity contribution in [3.05, 3.63) is 66.7 Å². The molecule has 0 saturated carbocycles. The summed E-state index contributed by atoms with van der Waals surface area (Å²) in [7, 11) is 1.71. The third-order valence-electron chi connectivity index (χ3n) is 5.57. The Morgan fingerprint density at radius 3 is 2.32 bits per heavy atom. The van der Waals surface area contributed by atoms with Gasteiger partial charge in [-0.15, -0.1) is 0 Å². The van der Waals surface area contributed by atoms with E-state index in [-0.39, 0.29) is 0 Å². The molecule has 0 bridgehead atoms. The highest BCUT2D eigenvalue weighted by Gasteiger charge is 2.35. The molecule has 3 nitrogen and oxygen atoms in total. The summed E-state index contributed by atoms with van der Waals surface area (Å²) >= 11 is 0. The lowest BCUT2D eigenvalue weighted by Gasteiger charge is -2.37. The predicted octanol–water partition coefficient (Wildman–Crippen LogP) is 5.06. The molecule has 0 aliphatic heterocycles. The van der Waals surface area contributed by atoms with Crippen LogP contribution in [-0.4, -0.2) is 23.8 Å². The summed E-state index contributed by atoms with van der Waals surface area (Å²) in [5.41, 5.74) is 3.27. The van der Waals surface area contributed by atoms with Gasteiger partial charge in [-0.3, -0.25) is 0 Å². The zero-order valence-electron chi connectivity index (χ0n) is 16.7. The van der Waals surface area contributed by atoms with Gasteiger partial charge in [-0.1, -0.05) is 60.1 Å². The highest BCUT2D eigenvalue weighted by molar-refractivity contribution is 6.47. The SMILES string of the molecule is CC(C)(O)C(C)(C)O[B]c1ccc2oc3cccc(-c4ccccc4)c3c2c1. The lowest BCUT2D eigenvalue weighted by Crippen LogP contribution is -2.49. The van der Waals surface area contributed by atoms with Gasteiger partial charge in [0.15, 0.2) is 0 Å². The van der Waals surface area contributed by atoms with Crippen LogP contribution in [0.5, 0.6) is 0 Å². The van der Waals surface area contributed by atoms with Crippen molar-refractivity contribution in [2.75, 3.05) is 0 Å². The molecular formula is C24H24BO3. The van der Waals surface area contributed by atoms with Crippen molar-refractivity contribution in [1.82, 2.24) is 0 Å². The highest BCUT2D eigenvalue weighted by atomic mass is 16.5. The molecular weight excluding hydrogens is 347 g/mol. The monoisotopic (exact) mass is 371 g/mol. The Bertz CT molecular complexity index is 1120. The fourth-order valence-electron chi connectivity index (χ4n) is 3.14. The van der Waals surface area contributed by atoms with E-state index in [9.17, 15) is 5.11 Å². The highest BCUT2D eigenvalue weighted by Crippen LogP contribution is 2.36. The topological polar surface area (TPSA) is 42.6 Å². The molecule has 4 aromatic rings. The van der Waals surface area contributed by atoms with E-state index >= 15 is 0 Å². The number of furan rings is 1. The Morgan fingerprint density at radius 1 is 0.857 bits per heavy atom. The first-order chi connectivity index (χ1) is 13.3. The van der Waals surface area contributed by atoms with Gasteiger partial charge in [-0.05, 0) is 51.0 Å². The molecule has 3 aromatic carbocycles. The molecule has 141 valence electrons. The van der Waals surface area contributed by atoms with Crippen LogP contribution in [0.4, 0.5) is 0 Å². The molecule has 0 amide bonds. The van der Waals surface area contributed by atoms with Crippen molar-refractivity contribution in [1.29, 1.82) is 0 Å². The van der Waals surface area contributed by atoms with E-state index in [1.807, 2.05) is 56.3 Å². The Morgan fingerprint density at radius 2 is 1.61 bits per heavy atom. The minimum Gasteiger partial charge on any atom is -0.456 e. The Balaban J connectivity index is 1.78. The summed E-state index contributed by atoms with van der Waals surface area (Å²) in [6, 6.07) is 22.5. The second kappa shape index (κ2) is 6.80. The van der Waals surface area contributed by atoms with Crippen LogP contribution in [-0.2, 0) is 4.65 Å². The standard InChI is InChI=1S/C24H24BO3/c1-23(2,26)24(3,4)28-25-17-13-14-20-19(15-17)22-18(11-8-12-21(22)27-20)16-9-6-5-7-10-16/h5-15,26H,1-4H3. The number of rotatable bonds is 5. The summed E-state index contributed by atoms with van der Waals surface area (Å²) < 4.78 is 12.0. The molecule has 0 spiro atoms. The molecule has 1 aromatic heterocycles. The lowest BCUT2D eigenvalue weighted by atomic mass is 9.82. The van der Waals surface area contributed by atoms with E-state index in [4.69, 9.17) is 9.07 Å². The fourth-order valence-corrected chi connectivity index (χ4v) is 3.14. The van der Waals surface area contributed by atoms with Crippen LogP contribution in [0.2, 0.25) is 0 Å². The molecule has 0 unspecified atom stereocenters. The smallest absolute Gasteiger partial charge is 0.330 e. The Hall–Kier alpha value is -2.56. The van der Waals surface area contributed by atoms with E-state index in [1.54, 1.807) is 21.3 Å². The van der Waals surface area contributed by atoms with E-state index in [1.165, 1.54) is 0 Å². The van der Waals surface area contributed by atoms with Gasteiger partial charge < -0.3 is 14.2 Å². The van der Waals surface area contributed by atoms with Gasteiger partial charge in [0.1, 0.15) is 11.2 Å². The van der Waals surface area contributed by atoms with Crippen LogP contribution in [0.25, 0.3) is 33.1 Å². The van der Waals surface area contributed by atoms with Crippen LogP contribution < -0.4 is 5.46 Å². The first kappa shape index (κ1) is 18.8. The van der Waals surface area contributed by atoms with Crippen molar-refractivity contribution in [3.8, 4) is 11.1 Å². The molecule has 1 radical (unpaired) electrons. The summed E-state index contributed by atoms with van der Waals surface area (Å²) in [6.07, 6.45) is 0. The number of fused-ring (bicyclic) bond motifs is 3. The summed E-state index contributed by atoms with van der Waals surface area (Å²) in [5, 5.41) is 12.5. The quantitative estimate of drug-likeness (QED) is 0.499. The van der Waals surface area contributed by atoms with E-state index < -0.39 is 11.2 Å². The third kappa shape index (κ3) is 3.34. The first-order valence-electron chi connectivity index (χ1n) is 9.50. The van der Waals surface area contributed by atoms with Crippen LogP contribution in [0, 0.1) is 0 Å². The molecule has 0 saturated heterocycles. The molecule has 0 fully saturated rings. The van der Waals surface area contributed by atoms with Gasteiger partial charge in [0, 0.05) is 10.8 Å². The van der Waals surface area contributed by atoms with Gasteiger partial charge >= 0.3 is 7.48 Å². The average Bonchev–Trinajstić information content (AvgIpc) is 3.04. The van der Waals surface area contributed by atoms with Crippen molar-refractivity contribution >= 4 is 34.9 Å². The normalized spacial score (nSPS) is 12.6. The van der Waals surface area contributed by atoms with Gasteiger partial charge in [-0.2, -0.15) is 0 Å². The van der Waals surface area contributed by atoms with Crippen LogP contribution in [0.1, 0.15) is 27.7 Å². The molecule has 4 heteroatoms. The maximum absolute atomic E-state index is 10.3. The maximum atomic E-state index is 10.3. The largest absolute Gasteiger partial charge is 0.456 e. The minimum atomic E-state index is -0.962. The molecule has 1 heterocycles. The number of hydrogen-bond donors (Lipinski definition) is 1. The second-order valence-electron chi connectivity index (χ2n) is 8.21.